The van der Waals surface area contributed by atoms with Crippen LogP contribution >= 0.6 is 0 Å². The lowest BCUT2D eigenvalue weighted by Gasteiger charge is -2.17. The summed E-state index contributed by atoms with van der Waals surface area (Å²) < 4.78 is 5.18. The van der Waals surface area contributed by atoms with Crippen LogP contribution in [0.15, 0.2) is 18.2 Å². The van der Waals surface area contributed by atoms with E-state index in [1.165, 1.54) is 7.11 Å². The zero-order valence-corrected chi connectivity index (χ0v) is 12.7. The number of nitrogens with two attached hydrogens (primary N) is 1. The van der Waals surface area contributed by atoms with Crippen molar-refractivity contribution in [1.29, 1.82) is 5.26 Å². The monoisotopic (exact) mass is 290 g/mol. The van der Waals surface area contributed by atoms with Crippen molar-refractivity contribution >= 4 is 17.3 Å². The topological polar surface area (TPSA) is 91.4 Å². The Bertz CT molecular complexity index is 525. The van der Waals surface area contributed by atoms with E-state index < -0.39 is 0 Å². The molecule has 0 heterocycles. The Morgan fingerprint density at radius 3 is 2.90 bits per heavy atom. The first-order valence-corrected chi connectivity index (χ1v) is 6.77. The normalized spacial score (nSPS) is 11.8. The number of methoxy groups -OCH3 is 1. The van der Waals surface area contributed by atoms with Crippen molar-refractivity contribution in [2.75, 3.05) is 38.3 Å². The highest BCUT2D eigenvalue weighted by Gasteiger charge is 2.10. The molecule has 1 unspecified atom stereocenters. The van der Waals surface area contributed by atoms with Crippen LogP contribution < -0.4 is 15.8 Å². The number of amides is 1. The molecule has 1 aromatic carbocycles. The molecule has 1 aromatic rings. The van der Waals surface area contributed by atoms with Gasteiger partial charge < -0.3 is 20.7 Å². The van der Waals surface area contributed by atoms with E-state index in [4.69, 9.17) is 15.7 Å². The molecule has 0 aromatic heterocycles. The maximum Gasteiger partial charge on any atom is 0.225 e. The van der Waals surface area contributed by atoms with Crippen molar-refractivity contribution in [3.63, 3.8) is 0 Å². The van der Waals surface area contributed by atoms with Crippen molar-refractivity contribution in [2.45, 2.75) is 13.3 Å². The average molecular weight is 290 g/mol. The van der Waals surface area contributed by atoms with Gasteiger partial charge in [0.2, 0.25) is 5.91 Å². The maximum absolute atomic E-state index is 11.9. The molecule has 0 aliphatic heterocycles. The molecule has 0 spiro atoms. The molecular formula is C15H22N4O2. The molecule has 0 saturated heterocycles. The van der Waals surface area contributed by atoms with E-state index in [0.29, 0.717) is 36.6 Å². The molecule has 1 amide bonds. The Balaban J connectivity index is 2.49. The van der Waals surface area contributed by atoms with E-state index >= 15 is 0 Å². The number of carbonyl (C=O) groups is 1. The first kappa shape index (κ1) is 16.8. The van der Waals surface area contributed by atoms with E-state index in [0.717, 1.165) is 0 Å². The van der Waals surface area contributed by atoms with Crippen molar-refractivity contribution in [3.05, 3.63) is 18.2 Å². The number of nitriles is 1. The quantitative estimate of drug-likeness (QED) is 0.746. The van der Waals surface area contributed by atoms with E-state index in [1.54, 1.807) is 18.2 Å². The second kappa shape index (κ2) is 8.12. The van der Waals surface area contributed by atoms with Gasteiger partial charge in [-0.05, 0) is 26.1 Å². The van der Waals surface area contributed by atoms with Crippen molar-refractivity contribution in [2.24, 2.45) is 5.92 Å². The van der Waals surface area contributed by atoms with Gasteiger partial charge in [-0.25, -0.2) is 0 Å². The van der Waals surface area contributed by atoms with Gasteiger partial charge >= 0.3 is 0 Å². The fourth-order valence-electron chi connectivity index (χ4n) is 1.92. The van der Waals surface area contributed by atoms with Gasteiger partial charge in [0.25, 0.3) is 0 Å². The number of benzene rings is 1. The summed E-state index contributed by atoms with van der Waals surface area (Å²) in [5.41, 5.74) is 6.85. The minimum absolute atomic E-state index is 0.0461. The average Bonchev–Trinajstić information content (AvgIpc) is 2.46. The smallest absolute Gasteiger partial charge is 0.225 e. The van der Waals surface area contributed by atoms with Gasteiger partial charge in [0, 0.05) is 31.3 Å². The summed E-state index contributed by atoms with van der Waals surface area (Å²) in [6.45, 7) is 3.10. The summed E-state index contributed by atoms with van der Waals surface area (Å²) in [6.07, 6.45) is 0.349. The standard InChI is InChI=1S/C15H22N4O2/c1-11(9-16)10-19(2)7-6-15(20)18-13-5-4-12(17)8-14(13)21-3/h4-5,8,11H,6-7,10,17H2,1-3H3,(H,18,20). The van der Waals surface area contributed by atoms with Crippen LogP contribution in [-0.2, 0) is 4.79 Å². The van der Waals surface area contributed by atoms with Gasteiger partial charge in [0.15, 0.2) is 0 Å². The van der Waals surface area contributed by atoms with Crippen LogP contribution in [0.4, 0.5) is 11.4 Å². The fraction of sp³-hybridized carbons (Fsp3) is 0.467. The minimum Gasteiger partial charge on any atom is -0.494 e. The van der Waals surface area contributed by atoms with E-state index in [9.17, 15) is 4.79 Å². The van der Waals surface area contributed by atoms with E-state index in [2.05, 4.69) is 11.4 Å². The number of nitrogens with one attached hydrogen (secondary N) is 1. The van der Waals surface area contributed by atoms with Crippen molar-refractivity contribution < 1.29 is 9.53 Å². The Morgan fingerprint density at radius 1 is 1.57 bits per heavy atom. The van der Waals surface area contributed by atoms with Crippen LogP contribution in [0.3, 0.4) is 0 Å². The van der Waals surface area contributed by atoms with Crippen molar-refractivity contribution in [1.82, 2.24) is 4.90 Å². The van der Waals surface area contributed by atoms with E-state index in [-0.39, 0.29) is 11.8 Å². The highest BCUT2D eigenvalue weighted by Crippen LogP contribution is 2.26. The van der Waals surface area contributed by atoms with Gasteiger partial charge in [0.1, 0.15) is 5.75 Å². The van der Waals surface area contributed by atoms with Crippen molar-refractivity contribution in [3.8, 4) is 11.8 Å². The van der Waals surface area contributed by atoms with Gasteiger partial charge in [-0.3, -0.25) is 4.79 Å². The largest absolute Gasteiger partial charge is 0.494 e. The Morgan fingerprint density at radius 2 is 2.29 bits per heavy atom. The first-order chi connectivity index (χ1) is 9.96. The molecule has 0 radical (unpaired) electrons. The highest BCUT2D eigenvalue weighted by molar-refractivity contribution is 5.92. The molecule has 6 heteroatoms. The molecule has 0 aliphatic carbocycles. The number of carbonyl (C=O) groups excluding carboxylic acids is 1. The summed E-state index contributed by atoms with van der Waals surface area (Å²) >= 11 is 0. The van der Waals surface area contributed by atoms with Crippen LogP contribution in [0.5, 0.6) is 5.75 Å². The molecule has 114 valence electrons. The molecule has 21 heavy (non-hydrogen) atoms. The van der Waals surface area contributed by atoms with Gasteiger partial charge in [-0.1, -0.05) is 0 Å². The predicted molar refractivity (Wildman–Crippen MR) is 82.9 cm³/mol. The number of ether oxygens (including phenoxy) is 1. The van der Waals surface area contributed by atoms with E-state index in [1.807, 2.05) is 18.9 Å². The highest BCUT2D eigenvalue weighted by atomic mass is 16.5. The Labute approximate surface area is 125 Å². The Kier molecular flexibility index (Phi) is 6.50. The zero-order valence-electron chi connectivity index (χ0n) is 12.7. The summed E-state index contributed by atoms with van der Waals surface area (Å²) in [6, 6.07) is 7.26. The molecule has 3 N–H and O–H groups in total. The number of anilines is 2. The minimum atomic E-state index is -0.102. The molecule has 6 nitrogen and oxygen atoms in total. The predicted octanol–water partition coefficient (Wildman–Crippen LogP) is 1.70. The summed E-state index contributed by atoms with van der Waals surface area (Å²) in [4.78, 5) is 13.9. The third-order valence-corrected chi connectivity index (χ3v) is 3.03. The lowest BCUT2D eigenvalue weighted by molar-refractivity contribution is -0.116. The zero-order chi connectivity index (χ0) is 15.8. The fourth-order valence-corrected chi connectivity index (χ4v) is 1.92. The molecule has 1 rings (SSSR count). The maximum atomic E-state index is 11.9. The second-order valence-electron chi connectivity index (χ2n) is 5.05. The lowest BCUT2D eigenvalue weighted by atomic mass is 10.2. The van der Waals surface area contributed by atoms with Crippen LogP contribution in [0, 0.1) is 17.2 Å². The lowest BCUT2D eigenvalue weighted by Crippen LogP contribution is -2.28. The van der Waals surface area contributed by atoms with Gasteiger partial charge in [-0.15, -0.1) is 0 Å². The van der Waals surface area contributed by atoms with Crippen LogP contribution in [0.1, 0.15) is 13.3 Å². The second-order valence-corrected chi connectivity index (χ2v) is 5.05. The van der Waals surface area contributed by atoms with Crippen LogP contribution in [-0.4, -0.2) is 38.1 Å². The Hall–Kier alpha value is -2.26. The SMILES string of the molecule is COc1cc(N)ccc1NC(=O)CCN(C)CC(C)C#N. The summed E-state index contributed by atoms with van der Waals surface area (Å²) in [7, 11) is 3.42. The molecule has 0 fully saturated rings. The number of rotatable bonds is 7. The number of nitrogen functional groups attached to an aromatic ring is 1. The van der Waals surface area contributed by atoms with Crippen LogP contribution in [0.25, 0.3) is 0 Å². The number of hydrogen-bond acceptors (Lipinski definition) is 5. The number of hydrogen-bond donors (Lipinski definition) is 2. The molecule has 0 saturated carbocycles. The summed E-state index contributed by atoms with van der Waals surface area (Å²) in [5.74, 6) is 0.389. The molecule has 1 atom stereocenters. The number of nitrogens with zero attached hydrogens (tertiary/aromatic N) is 2. The molecular weight excluding hydrogens is 268 g/mol. The van der Waals surface area contributed by atoms with Crippen LogP contribution in [0.2, 0.25) is 0 Å². The third-order valence-electron chi connectivity index (χ3n) is 3.03. The molecule has 0 aliphatic rings. The molecule has 0 bridgehead atoms. The van der Waals surface area contributed by atoms with Gasteiger partial charge in [0.05, 0.1) is 24.8 Å². The summed E-state index contributed by atoms with van der Waals surface area (Å²) in [5, 5.41) is 11.6. The first-order valence-electron chi connectivity index (χ1n) is 6.77. The van der Waals surface area contributed by atoms with Gasteiger partial charge in [-0.2, -0.15) is 5.26 Å². The third kappa shape index (κ3) is 5.71.